The standard InChI is InChI=1S/C12H13N3OS/c1-17-7-11-14-10(6-12(16)15-11)8-2-4-9(13)5-3-8/h2-6H,7,13H2,1H3,(H,14,15,16). The normalized spacial score (nSPS) is 10.4. The molecule has 3 N–H and O–H groups in total. The highest BCUT2D eigenvalue weighted by molar-refractivity contribution is 7.97. The summed E-state index contributed by atoms with van der Waals surface area (Å²) in [7, 11) is 0. The summed E-state index contributed by atoms with van der Waals surface area (Å²) in [5.41, 5.74) is 7.76. The van der Waals surface area contributed by atoms with E-state index in [1.54, 1.807) is 23.9 Å². The van der Waals surface area contributed by atoms with Crippen LogP contribution in [0.2, 0.25) is 0 Å². The van der Waals surface area contributed by atoms with Crippen LogP contribution in [0.15, 0.2) is 35.1 Å². The molecule has 0 aliphatic heterocycles. The number of aromatic nitrogens is 2. The van der Waals surface area contributed by atoms with Crippen molar-refractivity contribution in [1.82, 2.24) is 9.97 Å². The van der Waals surface area contributed by atoms with Crippen molar-refractivity contribution in [1.29, 1.82) is 0 Å². The van der Waals surface area contributed by atoms with E-state index in [-0.39, 0.29) is 5.56 Å². The van der Waals surface area contributed by atoms with E-state index in [0.29, 0.717) is 23.0 Å². The summed E-state index contributed by atoms with van der Waals surface area (Å²) in [6.45, 7) is 0. The molecular formula is C12H13N3OS. The number of nitrogen functional groups attached to an aromatic ring is 1. The number of thioether (sulfide) groups is 1. The Labute approximate surface area is 103 Å². The Morgan fingerprint density at radius 3 is 2.71 bits per heavy atom. The van der Waals surface area contributed by atoms with Crippen LogP contribution in [-0.4, -0.2) is 16.2 Å². The summed E-state index contributed by atoms with van der Waals surface area (Å²) in [5.74, 6) is 1.38. The molecule has 17 heavy (non-hydrogen) atoms. The number of H-pyrrole nitrogens is 1. The Morgan fingerprint density at radius 1 is 1.35 bits per heavy atom. The largest absolute Gasteiger partial charge is 0.399 e. The van der Waals surface area contributed by atoms with Crippen LogP contribution < -0.4 is 11.3 Å². The van der Waals surface area contributed by atoms with Gasteiger partial charge in [0.25, 0.3) is 5.56 Å². The first-order valence-corrected chi connectivity index (χ1v) is 6.53. The van der Waals surface area contributed by atoms with Crippen molar-refractivity contribution in [3.63, 3.8) is 0 Å². The van der Waals surface area contributed by atoms with E-state index in [1.807, 2.05) is 18.4 Å². The van der Waals surface area contributed by atoms with Gasteiger partial charge in [-0.1, -0.05) is 12.1 Å². The van der Waals surface area contributed by atoms with Gasteiger partial charge in [0.15, 0.2) is 0 Å². The van der Waals surface area contributed by atoms with Crippen LogP contribution in [0.3, 0.4) is 0 Å². The van der Waals surface area contributed by atoms with E-state index in [0.717, 1.165) is 5.56 Å². The van der Waals surface area contributed by atoms with Crippen molar-refractivity contribution >= 4 is 17.4 Å². The average Bonchev–Trinajstić information content (AvgIpc) is 2.29. The maximum absolute atomic E-state index is 11.5. The number of rotatable bonds is 3. The van der Waals surface area contributed by atoms with Crippen molar-refractivity contribution in [3.8, 4) is 11.3 Å². The molecule has 2 rings (SSSR count). The lowest BCUT2D eigenvalue weighted by Gasteiger charge is -2.03. The first-order valence-electron chi connectivity index (χ1n) is 5.14. The number of nitrogens with one attached hydrogen (secondary N) is 1. The zero-order valence-electron chi connectivity index (χ0n) is 9.43. The third kappa shape index (κ3) is 2.88. The van der Waals surface area contributed by atoms with Crippen molar-refractivity contribution in [2.45, 2.75) is 5.75 Å². The van der Waals surface area contributed by atoms with E-state index >= 15 is 0 Å². The van der Waals surface area contributed by atoms with Gasteiger partial charge in [-0.25, -0.2) is 4.98 Å². The number of hydrogen-bond donors (Lipinski definition) is 2. The predicted molar refractivity (Wildman–Crippen MR) is 71.9 cm³/mol. The van der Waals surface area contributed by atoms with E-state index in [4.69, 9.17) is 5.73 Å². The zero-order chi connectivity index (χ0) is 12.3. The van der Waals surface area contributed by atoms with E-state index in [2.05, 4.69) is 9.97 Å². The fourth-order valence-corrected chi connectivity index (χ4v) is 1.93. The Morgan fingerprint density at radius 2 is 2.06 bits per heavy atom. The topological polar surface area (TPSA) is 71.8 Å². The number of aromatic amines is 1. The molecule has 0 amide bonds. The van der Waals surface area contributed by atoms with Crippen molar-refractivity contribution in [2.24, 2.45) is 0 Å². The second-order valence-electron chi connectivity index (χ2n) is 3.63. The van der Waals surface area contributed by atoms with E-state index in [1.165, 1.54) is 6.07 Å². The Bertz CT molecular complexity index is 563. The minimum absolute atomic E-state index is 0.129. The summed E-state index contributed by atoms with van der Waals surface area (Å²) in [5, 5.41) is 0. The minimum Gasteiger partial charge on any atom is -0.399 e. The molecule has 2 aromatic rings. The van der Waals surface area contributed by atoms with Gasteiger partial charge in [-0.2, -0.15) is 11.8 Å². The minimum atomic E-state index is -0.129. The zero-order valence-corrected chi connectivity index (χ0v) is 10.3. The molecule has 0 aliphatic rings. The number of anilines is 1. The van der Waals surface area contributed by atoms with Crippen molar-refractivity contribution < 1.29 is 0 Å². The van der Waals surface area contributed by atoms with Crippen LogP contribution in [-0.2, 0) is 5.75 Å². The quantitative estimate of drug-likeness (QED) is 0.812. The molecule has 0 unspecified atom stereocenters. The molecule has 0 spiro atoms. The molecular weight excluding hydrogens is 234 g/mol. The first-order chi connectivity index (χ1) is 8.19. The lowest BCUT2D eigenvalue weighted by molar-refractivity contribution is 1.01. The fourth-order valence-electron chi connectivity index (χ4n) is 1.51. The third-order valence-corrected chi connectivity index (χ3v) is 2.84. The van der Waals surface area contributed by atoms with Gasteiger partial charge in [-0.05, 0) is 18.4 Å². The molecule has 0 atom stereocenters. The molecule has 0 saturated heterocycles. The predicted octanol–water partition coefficient (Wildman–Crippen LogP) is 1.88. The van der Waals surface area contributed by atoms with E-state index in [9.17, 15) is 4.79 Å². The van der Waals surface area contributed by atoms with Crippen molar-refractivity contribution in [2.75, 3.05) is 12.0 Å². The van der Waals surface area contributed by atoms with Crippen LogP contribution >= 0.6 is 11.8 Å². The van der Waals surface area contributed by atoms with Crippen LogP contribution in [0.25, 0.3) is 11.3 Å². The lowest BCUT2D eigenvalue weighted by atomic mass is 10.1. The molecule has 0 radical (unpaired) electrons. The summed E-state index contributed by atoms with van der Waals surface area (Å²) < 4.78 is 0. The summed E-state index contributed by atoms with van der Waals surface area (Å²) in [6.07, 6.45) is 1.97. The van der Waals surface area contributed by atoms with E-state index < -0.39 is 0 Å². The maximum atomic E-state index is 11.5. The number of hydrogen-bond acceptors (Lipinski definition) is 4. The molecule has 0 fully saturated rings. The molecule has 1 aromatic carbocycles. The Kier molecular flexibility index (Phi) is 3.49. The monoisotopic (exact) mass is 247 g/mol. The van der Waals surface area contributed by atoms with Crippen LogP contribution in [0.1, 0.15) is 5.82 Å². The second kappa shape index (κ2) is 5.05. The number of nitrogens with zero attached hydrogens (tertiary/aromatic N) is 1. The molecule has 0 bridgehead atoms. The highest BCUT2D eigenvalue weighted by Gasteiger charge is 2.03. The number of benzene rings is 1. The Hall–Kier alpha value is -1.75. The summed E-state index contributed by atoms with van der Waals surface area (Å²) in [4.78, 5) is 18.6. The van der Waals surface area contributed by atoms with Gasteiger partial charge in [0.2, 0.25) is 0 Å². The van der Waals surface area contributed by atoms with Gasteiger partial charge in [0, 0.05) is 17.3 Å². The Balaban J connectivity index is 2.44. The lowest BCUT2D eigenvalue weighted by Crippen LogP contribution is -2.10. The highest BCUT2D eigenvalue weighted by Crippen LogP contribution is 2.17. The molecule has 88 valence electrons. The van der Waals surface area contributed by atoms with Gasteiger partial charge in [-0.15, -0.1) is 0 Å². The van der Waals surface area contributed by atoms with Gasteiger partial charge < -0.3 is 10.7 Å². The number of nitrogens with two attached hydrogens (primary N) is 1. The second-order valence-corrected chi connectivity index (χ2v) is 4.50. The SMILES string of the molecule is CSCc1nc(-c2ccc(N)cc2)cc(=O)[nH]1. The first kappa shape index (κ1) is 11.7. The maximum Gasteiger partial charge on any atom is 0.251 e. The fraction of sp³-hybridized carbons (Fsp3) is 0.167. The van der Waals surface area contributed by atoms with Crippen molar-refractivity contribution in [3.05, 3.63) is 46.5 Å². The van der Waals surface area contributed by atoms with Crippen LogP contribution in [0.4, 0.5) is 5.69 Å². The van der Waals surface area contributed by atoms with Crippen LogP contribution in [0.5, 0.6) is 0 Å². The average molecular weight is 247 g/mol. The molecule has 0 aliphatic carbocycles. The molecule has 5 heteroatoms. The third-order valence-electron chi connectivity index (χ3n) is 2.28. The highest BCUT2D eigenvalue weighted by atomic mass is 32.2. The van der Waals surface area contributed by atoms with Crippen LogP contribution in [0, 0.1) is 0 Å². The molecule has 0 saturated carbocycles. The summed E-state index contributed by atoms with van der Waals surface area (Å²) in [6, 6.07) is 8.81. The van der Waals surface area contributed by atoms with Gasteiger partial charge >= 0.3 is 0 Å². The van der Waals surface area contributed by atoms with Gasteiger partial charge in [0.1, 0.15) is 5.82 Å². The molecule has 4 nitrogen and oxygen atoms in total. The van der Waals surface area contributed by atoms with Gasteiger partial charge in [0.05, 0.1) is 11.4 Å². The summed E-state index contributed by atoms with van der Waals surface area (Å²) >= 11 is 1.62. The van der Waals surface area contributed by atoms with Gasteiger partial charge in [-0.3, -0.25) is 4.79 Å². The molecule has 1 aromatic heterocycles. The molecule has 1 heterocycles. The smallest absolute Gasteiger partial charge is 0.251 e.